The van der Waals surface area contributed by atoms with Crippen LogP contribution in [0.15, 0.2) is 71.2 Å². The van der Waals surface area contributed by atoms with Crippen LogP contribution in [-0.2, 0) is 26.5 Å². The fourth-order valence-electron chi connectivity index (χ4n) is 7.71. The first kappa shape index (κ1) is 42.1. The second kappa shape index (κ2) is 17.6. The Morgan fingerprint density at radius 2 is 0.906 bits per heavy atom. The van der Waals surface area contributed by atoms with E-state index in [1.165, 1.54) is 67.5 Å². The maximum absolute atomic E-state index is 5.81. The van der Waals surface area contributed by atoms with Crippen molar-refractivity contribution in [1.29, 1.82) is 0 Å². The molecule has 2 fully saturated rings. The Balaban J connectivity index is 0.000000232. The first-order chi connectivity index (χ1) is 24.5. The molecule has 9 heteroatoms. The normalized spacial score (nSPS) is 21.4. The smallest absolute Gasteiger partial charge is 0.648 e. The molecule has 4 aliphatic rings. The van der Waals surface area contributed by atoms with Crippen LogP contribution < -0.4 is 9.80 Å². The molecule has 0 N–H and O–H groups in total. The van der Waals surface area contributed by atoms with E-state index in [1.54, 1.807) is 0 Å². The summed E-state index contributed by atoms with van der Waals surface area (Å²) in [6, 6.07) is 9.54. The largest absolute Gasteiger partial charge is 4.00 e. The van der Waals surface area contributed by atoms with Crippen molar-refractivity contribution < 1.29 is 26.5 Å². The van der Waals surface area contributed by atoms with Gasteiger partial charge < -0.3 is 39.7 Å². The van der Waals surface area contributed by atoms with E-state index in [0.717, 1.165) is 24.6 Å². The summed E-state index contributed by atoms with van der Waals surface area (Å²) in [6.45, 7) is 36.2. The second-order valence-corrected chi connectivity index (χ2v) is 16.0. The van der Waals surface area contributed by atoms with Crippen LogP contribution in [0.3, 0.4) is 0 Å². The molecule has 2 atom stereocenters. The number of ether oxygens (including phenoxy) is 2. The van der Waals surface area contributed by atoms with Crippen molar-refractivity contribution in [3.8, 4) is 0 Å². The molecule has 2 saturated heterocycles. The summed E-state index contributed by atoms with van der Waals surface area (Å²) >= 11 is 0. The molecule has 2 aromatic carbocycles. The van der Waals surface area contributed by atoms with Crippen LogP contribution in [0, 0.1) is 66.7 Å². The molecule has 0 unspecified atom stereocenters. The molecule has 0 aromatic heterocycles. The number of allylic oxidation sites excluding steroid dienone is 4. The zero-order chi connectivity index (χ0) is 38.0. The monoisotopic (exact) mass is 762 g/mol. The molecule has 0 amide bonds. The Bertz CT molecular complexity index is 1580. The number of aryl methyl sites for hydroxylation is 6. The summed E-state index contributed by atoms with van der Waals surface area (Å²) in [5.41, 5.74) is 15.1. The number of hydrogen-bond acceptors (Lipinski definition) is 6. The zero-order valence-electron chi connectivity index (χ0n) is 34.6. The summed E-state index contributed by atoms with van der Waals surface area (Å²) in [6.07, 6.45) is 6.17. The number of rotatable bonds is 8. The molecule has 0 radical (unpaired) electrons. The fraction of sp³-hybridized carbons (Fsp3) is 0.500. The van der Waals surface area contributed by atoms with Crippen molar-refractivity contribution in [2.45, 2.75) is 122 Å². The SMILES string of the molecule is CC1=C(C)N(c2c(C)cc(C)cc2C)[CH-]N1/C=C1\[N-][C@@H](CC(C)C)CO1.CC1=C(C)N(c2c(C)cc(C)cc2C)[CH-]N1/C=C1\[N-][C@@H](CC(C)C)CO1.[Fe+4]. The molecule has 0 aliphatic carbocycles. The van der Waals surface area contributed by atoms with E-state index < -0.39 is 0 Å². The first-order valence-corrected chi connectivity index (χ1v) is 19.0. The standard InChI is InChI=1S/2C22H31N3O.Fe/c2*1-14(2)8-20-12-26-21(23-20)11-24-13-25(19(7)18(24)6)22-16(4)9-15(3)10-17(22)5;/h2*9-11,13-14,20H,8,12H2,1-7H3;/q2*-2;+4/b2*21-11+;/t2*20-;/m00./s1. The number of hydrogen-bond donors (Lipinski definition) is 0. The van der Waals surface area contributed by atoms with Crippen LogP contribution >= 0.6 is 0 Å². The van der Waals surface area contributed by atoms with E-state index in [1.807, 2.05) is 12.4 Å². The van der Waals surface area contributed by atoms with Crippen LogP contribution in [0.4, 0.5) is 11.4 Å². The maximum atomic E-state index is 5.81. The zero-order valence-corrected chi connectivity index (χ0v) is 35.7. The van der Waals surface area contributed by atoms with Gasteiger partial charge in [-0.1, -0.05) is 88.0 Å². The molecule has 0 spiro atoms. The van der Waals surface area contributed by atoms with Crippen LogP contribution in [-0.4, -0.2) is 35.1 Å². The van der Waals surface area contributed by atoms with Crippen molar-refractivity contribution in [2.75, 3.05) is 23.0 Å². The van der Waals surface area contributed by atoms with Crippen molar-refractivity contribution in [2.24, 2.45) is 11.8 Å². The average Bonchev–Trinajstić information content (AvgIpc) is 3.79. The predicted molar refractivity (Wildman–Crippen MR) is 217 cm³/mol. The Hall–Kier alpha value is -3.68. The van der Waals surface area contributed by atoms with Gasteiger partial charge in [-0.05, 0) is 116 Å². The summed E-state index contributed by atoms with van der Waals surface area (Å²) in [4.78, 5) is 8.81. The Morgan fingerprint density at radius 1 is 0.585 bits per heavy atom. The second-order valence-electron chi connectivity index (χ2n) is 16.0. The minimum atomic E-state index is 0. The molecule has 288 valence electrons. The summed E-state index contributed by atoms with van der Waals surface area (Å²) in [5, 5.41) is 9.46. The van der Waals surface area contributed by atoms with Gasteiger partial charge in [0.25, 0.3) is 0 Å². The van der Waals surface area contributed by atoms with E-state index in [9.17, 15) is 0 Å². The van der Waals surface area contributed by atoms with Crippen LogP contribution in [0.2, 0.25) is 0 Å². The third-order valence-corrected chi connectivity index (χ3v) is 10.2. The van der Waals surface area contributed by atoms with Crippen molar-refractivity contribution in [3.05, 3.63) is 129 Å². The van der Waals surface area contributed by atoms with Crippen LogP contribution in [0.25, 0.3) is 10.6 Å². The quantitative estimate of drug-likeness (QED) is 0.197. The van der Waals surface area contributed by atoms with Gasteiger partial charge in [0.15, 0.2) is 0 Å². The third-order valence-electron chi connectivity index (χ3n) is 10.2. The summed E-state index contributed by atoms with van der Waals surface area (Å²) in [5.74, 6) is 2.74. The molecular weight excluding hydrogens is 700 g/mol. The third kappa shape index (κ3) is 9.90. The van der Waals surface area contributed by atoms with E-state index in [2.05, 4.69) is 154 Å². The van der Waals surface area contributed by atoms with Crippen LogP contribution in [0.5, 0.6) is 0 Å². The van der Waals surface area contributed by atoms with Crippen LogP contribution in [0.1, 0.15) is 102 Å². The Morgan fingerprint density at radius 3 is 1.21 bits per heavy atom. The number of nitrogens with zero attached hydrogens (tertiary/aromatic N) is 6. The van der Waals surface area contributed by atoms with Gasteiger partial charge >= 0.3 is 17.1 Å². The molecule has 4 heterocycles. The molecule has 8 nitrogen and oxygen atoms in total. The van der Waals surface area contributed by atoms with Crippen molar-refractivity contribution in [1.82, 2.24) is 9.80 Å². The minimum Gasteiger partial charge on any atom is -0.648 e. The molecule has 4 aliphatic heterocycles. The van der Waals surface area contributed by atoms with E-state index in [0.29, 0.717) is 25.0 Å². The molecule has 0 saturated carbocycles. The van der Waals surface area contributed by atoms with Gasteiger partial charge in [0.05, 0.1) is 13.2 Å². The van der Waals surface area contributed by atoms with E-state index >= 15 is 0 Å². The minimum absolute atomic E-state index is 0. The van der Waals surface area contributed by atoms with E-state index in [-0.39, 0.29) is 29.2 Å². The average molecular weight is 763 g/mol. The fourth-order valence-corrected chi connectivity index (χ4v) is 7.71. The van der Waals surface area contributed by atoms with Gasteiger partial charge in [0.2, 0.25) is 0 Å². The van der Waals surface area contributed by atoms with Gasteiger partial charge in [0.1, 0.15) is 0 Å². The Kier molecular flexibility index (Phi) is 14.0. The van der Waals surface area contributed by atoms with Gasteiger partial charge in [-0.3, -0.25) is 0 Å². The maximum Gasteiger partial charge on any atom is 4.00 e. The number of anilines is 2. The van der Waals surface area contributed by atoms with Gasteiger partial charge in [-0.25, -0.2) is 0 Å². The summed E-state index contributed by atoms with van der Waals surface area (Å²) in [7, 11) is 0. The van der Waals surface area contributed by atoms with Crippen molar-refractivity contribution in [3.63, 3.8) is 0 Å². The molecular formula is C44H62FeN6O2. The van der Waals surface area contributed by atoms with Gasteiger partial charge in [-0.2, -0.15) is 0 Å². The van der Waals surface area contributed by atoms with Gasteiger partial charge in [0, 0.05) is 45.9 Å². The Labute approximate surface area is 331 Å². The molecule has 6 rings (SSSR count). The van der Waals surface area contributed by atoms with Gasteiger partial charge in [-0.15, -0.1) is 13.3 Å². The van der Waals surface area contributed by atoms with E-state index in [4.69, 9.17) is 20.1 Å². The topological polar surface area (TPSA) is 59.6 Å². The molecule has 53 heavy (non-hydrogen) atoms. The molecule has 0 bridgehead atoms. The number of benzene rings is 2. The summed E-state index contributed by atoms with van der Waals surface area (Å²) < 4.78 is 11.6. The van der Waals surface area contributed by atoms with Crippen molar-refractivity contribution >= 4 is 11.4 Å². The predicted octanol–water partition coefficient (Wildman–Crippen LogP) is 11.4. The molecule has 2 aromatic rings. The first-order valence-electron chi connectivity index (χ1n) is 19.0.